The normalized spacial score (nSPS) is 32.0. The maximum Gasteiger partial charge on any atom is 0.0597 e. The van der Waals surface area contributed by atoms with Crippen molar-refractivity contribution >= 4 is 0 Å². The Hall–Kier alpha value is -0.120. The van der Waals surface area contributed by atoms with Gasteiger partial charge in [0, 0.05) is 25.2 Å². The van der Waals surface area contributed by atoms with Gasteiger partial charge >= 0.3 is 0 Å². The van der Waals surface area contributed by atoms with Crippen LogP contribution in [-0.4, -0.2) is 36.9 Å². The Morgan fingerprint density at radius 2 is 2.00 bits per heavy atom. The van der Waals surface area contributed by atoms with Gasteiger partial charge in [0.15, 0.2) is 0 Å². The minimum absolute atomic E-state index is 0.222. The highest BCUT2D eigenvalue weighted by Gasteiger charge is 2.29. The third-order valence-corrected chi connectivity index (χ3v) is 2.44. The van der Waals surface area contributed by atoms with Crippen LogP contribution in [-0.2, 0) is 0 Å². The molecule has 0 bridgehead atoms. The summed E-state index contributed by atoms with van der Waals surface area (Å²) < 4.78 is 0. The smallest absolute Gasteiger partial charge is 0.0597 e. The lowest BCUT2D eigenvalue weighted by atomic mass is 9.85. The fraction of sp³-hybridized carbons (Fsp3) is 1.00. The SMILES string of the molecule is CC(C)(C)C1CNCC(CO)N1. The van der Waals surface area contributed by atoms with Gasteiger partial charge in [0.05, 0.1) is 6.61 Å². The largest absolute Gasteiger partial charge is 0.395 e. The van der Waals surface area contributed by atoms with Crippen molar-refractivity contribution < 1.29 is 5.11 Å². The molecular formula is C9H20N2O. The molecule has 1 rings (SSSR count). The van der Waals surface area contributed by atoms with Crippen molar-refractivity contribution in [2.45, 2.75) is 32.9 Å². The van der Waals surface area contributed by atoms with E-state index in [9.17, 15) is 0 Å². The van der Waals surface area contributed by atoms with E-state index in [1.807, 2.05) is 0 Å². The monoisotopic (exact) mass is 172 g/mol. The van der Waals surface area contributed by atoms with Gasteiger partial charge in [-0.25, -0.2) is 0 Å². The van der Waals surface area contributed by atoms with Gasteiger partial charge in [-0.05, 0) is 5.41 Å². The number of aliphatic hydroxyl groups excluding tert-OH is 1. The van der Waals surface area contributed by atoms with Crippen LogP contribution < -0.4 is 10.6 Å². The van der Waals surface area contributed by atoms with E-state index in [1.165, 1.54) is 0 Å². The Labute approximate surface area is 74.5 Å². The molecule has 0 spiro atoms. The Kier molecular flexibility index (Phi) is 3.09. The molecule has 0 amide bonds. The minimum atomic E-state index is 0.222. The van der Waals surface area contributed by atoms with Crippen LogP contribution in [0.4, 0.5) is 0 Å². The van der Waals surface area contributed by atoms with Crippen LogP contribution in [0, 0.1) is 5.41 Å². The number of piperazine rings is 1. The summed E-state index contributed by atoms with van der Waals surface area (Å²) >= 11 is 0. The van der Waals surface area contributed by atoms with Crippen LogP contribution in [0.15, 0.2) is 0 Å². The highest BCUT2D eigenvalue weighted by atomic mass is 16.3. The Morgan fingerprint density at radius 3 is 2.50 bits per heavy atom. The number of aliphatic hydroxyl groups is 1. The van der Waals surface area contributed by atoms with Gasteiger partial charge in [0.25, 0.3) is 0 Å². The van der Waals surface area contributed by atoms with Gasteiger partial charge in [-0.2, -0.15) is 0 Å². The van der Waals surface area contributed by atoms with Gasteiger partial charge in [-0.15, -0.1) is 0 Å². The van der Waals surface area contributed by atoms with Crippen molar-refractivity contribution in [1.82, 2.24) is 10.6 Å². The van der Waals surface area contributed by atoms with Crippen molar-refractivity contribution in [3.8, 4) is 0 Å². The molecule has 0 radical (unpaired) electrons. The summed E-state index contributed by atoms with van der Waals surface area (Å²) in [5, 5.41) is 15.7. The average Bonchev–Trinajstić information content (AvgIpc) is 2.03. The lowest BCUT2D eigenvalue weighted by Gasteiger charge is -2.38. The molecule has 72 valence electrons. The van der Waals surface area contributed by atoms with Crippen LogP contribution in [0.25, 0.3) is 0 Å². The minimum Gasteiger partial charge on any atom is -0.395 e. The van der Waals surface area contributed by atoms with Crippen molar-refractivity contribution in [2.24, 2.45) is 5.41 Å². The summed E-state index contributed by atoms with van der Waals surface area (Å²) in [6.45, 7) is 8.74. The molecule has 1 aliphatic rings. The quantitative estimate of drug-likeness (QED) is 0.520. The second-order valence-electron chi connectivity index (χ2n) is 4.62. The van der Waals surface area contributed by atoms with E-state index in [2.05, 4.69) is 31.4 Å². The molecule has 1 aliphatic heterocycles. The number of hydrogen-bond donors (Lipinski definition) is 3. The first-order chi connectivity index (χ1) is 5.54. The molecule has 1 heterocycles. The average molecular weight is 172 g/mol. The predicted molar refractivity (Wildman–Crippen MR) is 50.1 cm³/mol. The summed E-state index contributed by atoms with van der Waals surface area (Å²) in [4.78, 5) is 0. The molecule has 12 heavy (non-hydrogen) atoms. The van der Waals surface area contributed by atoms with Crippen molar-refractivity contribution in [2.75, 3.05) is 19.7 Å². The van der Waals surface area contributed by atoms with Crippen LogP contribution in [0.2, 0.25) is 0 Å². The van der Waals surface area contributed by atoms with Crippen LogP contribution >= 0.6 is 0 Å². The lowest BCUT2D eigenvalue weighted by molar-refractivity contribution is 0.158. The molecule has 1 saturated heterocycles. The van der Waals surface area contributed by atoms with E-state index in [-0.39, 0.29) is 18.1 Å². The van der Waals surface area contributed by atoms with Crippen LogP contribution in [0.3, 0.4) is 0 Å². The molecular weight excluding hydrogens is 152 g/mol. The summed E-state index contributed by atoms with van der Waals surface area (Å²) in [6, 6.07) is 0.686. The second kappa shape index (κ2) is 3.73. The van der Waals surface area contributed by atoms with E-state index >= 15 is 0 Å². The molecule has 0 aliphatic carbocycles. The summed E-state index contributed by atoms with van der Waals surface area (Å²) in [7, 11) is 0. The fourth-order valence-electron chi connectivity index (χ4n) is 1.48. The van der Waals surface area contributed by atoms with Gasteiger partial charge < -0.3 is 15.7 Å². The highest BCUT2D eigenvalue weighted by Crippen LogP contribution is 2.20. The maximum absolute atomic E-state index is 8.97. The van der Waals surface area contributed by atoms with Crippen molar-refractivity contribution in [3.63, 3.8) is 0 Å². The molecule has 3 nitrogen and oxygen atoms in total. The van der Waals surface area contributed by atoms with Gasteiger partial charge in [-0.3, -0.25) is 0 Å². The first kappa shape index (κ1) is 9.96. The van der Waals surface area contributed by atoms with Gasteiger partial charge in [-0.1, -0.05) is 20.8 Å². The Balaban J connectivity index is 2.46. The van der Waals surface area contributed by atoms with Crippen molar-refractivity contribution in [3.05, 3.63) is 0 Å². The number of nitrogens with one attached hydrogen (secondary N) is 2. The van der Waals surface area contributed by atoms with E-state index < -0.39 is 0 Å². The molecule has 0 saturated carbocycles. The van der Waals surface area contributed by atoms with Crippen LogP contribution in [0.1, 0.15) is 20.8 Å². The second-order valence-corrected chi connectivity index (χ2v) is 4.62. The fourth-order valence-corrected chi connectivity index (χ4v) is 1.48. The van der Waals surface area contributed by atoms with E-state index in [1.54, 1.807) is 0 Å². The first-order valence-corrected chi connectivity index (χ1v) is 4.61. The number of rotatable bonds is 1. The zero-order chi connectivity index (χ0) is 9.19. The molecule has 2 unspecified atom stereocenters. The highest BCUT2D eigenvalue weighted by molar-refractivity contribution is 4.89. The topological polar surface area (TPSA) is 44.3 Å². The molecule has 3 heteroatoms. The zero-order valence-corrected chi connectivity index (χ0v) is 8.22. The molecule has 0 aromatic heterocycles. The maximum atomic E-state index is 8.97. The van der Waals surface area contributed by atoms with E-state index in [4.69, 9.17) is 5.11 Å². The molecule has 0 aromatic rings. The molecule has 1 fully saturated rings. The third kappa shape index (κ3) is 2.44. The summed E-state index contributed by atoms with van der Waals surface area (Å²) in [5.41, 5.74) is 0.265. The Morgan fingerprint density at radius 1 is 1.33 bits per heavy atom. The van der Waals surface area contributed by atoms with Gasteiger partial charge in [0.1, 0.15) is 0 Å². The van der Waals surface area contributed by atoms with E-state index in [0.29, 0.717) is 6.04 Å². The third-order valence-electron chi connectivity index (χ3n) is 2.44. The summed E-state index contributed by atoms with van der Waals surface area (Å²) in [6.07, 6.45) is 0. The standard InChI is InChI=1S/C9H20N2O/c1-9(2,3)8-5-10-4-7(6-12)11-8/h7-8,10-12H,4-6H2,1-3H3. The molecule has 2 atom stereocenters. The van der Waals surface area contributed by atoms with Crippen molar-refractivity contribution in [1.29, 1.82) is 0 Å². The molecule has 0 aromatic carbocycles. The molecule has 3 N–H and O–H groups in total. The lowest BCUT2D eigenvalue weighted by Crippen LogP contribution is -2.60. The number of hydrogen-bond acceptors (Lipinski definition) is 3. The zero-order valence-electron chi connectivity index (χ0n) is 8.22. The predicted octanol–water partition coefficient (Wildman–Crippen LogP) is -0.0452. The Bertz CT molecular complexity index is 142. The first-order valence-electron chi connectivity index (χ1n) is 4.61. The van der Waals surface area contributed by atoms with E-state index in [0.717, 1.165) is 13.1 Å². The van der Waals surface area contributed by atoms with Gasteiger partial charge in [0.2, 0.25) is 0 Å². The van der Waals surface area contributed by atoms with Crippen LogP contribution in [0.5, 0.6) is 0 Å². The summed E-state index contributed by atoms with van der Waals surface area (Å²) in [5.74, 6) is 0.